The third kappa shape index (κ3) is 5.61. The lowest BCUT2D eigenvalue weighted by atomic mass is 9.94. The Balaban J connectivity index is 1.76. The molecule has 3 rings (SSSR count). The van der Waals surface area contributed by atoms with Crippen LogP contribution in [-0.2, 0) is 4.79 Å². The van der Waals surface area contributed by atoms with Gasteiger partial charge in [-0.25, -0.2) is 9.18 Å². The van der Waals surface area contributed by atoms with Gasteiger partial charge >= 0.3 is 6.03 Å². The van der Waals surface area contributed by atoms with Gasteiger partial charge < -0.3 is 21.3 Å². The van der Waals surface area contributed by atoms with Crippen LogP contribution in [0.5, 0.6) is 0 Å². The number of primary amides is 1. The molecule has 31 heavy (non-hydrogen) atoms. The number of halogens is 1. The zero-order chi connectivity index (χ0) is 22.5. The molecule has 4 amide bonds. The maximum Gasteiger partial charge on any atom is 0.322 e. The number of hydrogen-bond acceptors (Lipinski definition) is 4. The van der Waals surface area contributed by atoms with Crippen molar-refractivity contribution in [2.24, 2.45) is 5.73 Å². The lowest BCUT2D eigenvalue weighted by molar-refractivity contribution is -0.117. The quantitative estimate of drug-likeness (QED) is 0.612. The van der Waals surface area contributed by atoms with E-state index in [4.69, 9.17) is 5.73 Å². The van der Waals surface area contributed by atoms with Crippen molar-refractivity contribution in [2.45, 2.75) is 52.0 Å². The SMILES string of the molecule is Cc1sc(NC(=O)CN(C(=O)Nc2ccc(F)cc2)C2CCCCC2)c(C(N)=O)c1C. The van der Waals surface area contributed by atoms with E-state index >= 15 is 0 Å². The molecule has 0 saturated heterocycles. The second-order valence-corrected chi connectivity index (χ2v) is 8.98. The molecule has 0 aliphatic heterocycles. The van der Waals surface area contributed by atoms with Gasteiger partial charge in [-0.1, -0.05) is 19.3 Å². The van der Waals surface area contributed by atoms with Crippen LogP contribution in [0.1, 0.15) is 52.9 Å². The molecule has 1 heterocycles. The number of anilines is 2. The smallest absolute Gasteiger partial charge is 0.322 e. The normalized spacial score (nSPS) is 14.2. The second-order valence-electron chi connectivity index (χ2n) is 7.76. The third-order valence-electron chi connectivity index (χ3n) is 5.57. The van der Waals surface area contributed by atoms with E-state index in [1.807, 2.05) is 6.92 Å². The fraction of sp³-hybridized carbons (Fsp3) is 0.409. The van der Waals surface area contributed by atoms with Crippen molar-refractivity contribution >= 4 is 39.9 Å². The first kappa shape index (κ1) is 22.7. The molecule has 7 nitrogen and oxygen atoms in total. The fourth-order valence-corrected chi connectivity index (χ4v) is 4.90. The van der Waals surface area contributed by atoms with Crippen molar-refractivity contribution in [3.8, 4) is 0 Å². The van der Waals surface area contributed by atoms with E-state index in [0.717, 1.165) is 42.5 Å². The summed E-state index contributed by atoms with van der Waals surface area (Å²) in [5.74, 6) is -1.40. The van der Waals surface area contributed by atoms with Crippen molar-refractivity contribution in [2.75, 3.05) is 17.2 Å². The van der Waals surface area contributed by atoms with Gasteiger partial charge in [0.15, 0.2) is 0 Å². The third-order valence-corrected chi connectivity index (χ3v) is 6.69. The molecule has 4 N–H and O–H groups in total. The summed E-state index contributed by atoms with van der Waals surface area (Å²) < 4.78 is 13.2. The highest BCUT2D eigenvalue weighted by molar-refractivity contribution is 7.16. The Morgan fingerprint density at radius 3 is 2.35 bits per heavy atom. The molecular formula is C22H27FN4O3S. The summed E-state index contributed by atoms with van der Waals surface area (Å²) in [6, 6.07) is 5.00. The first-order valence-corrected chi connectivity index (χ1v) is 11.1. The van der Waals surface area contributed by atoms with Gasteiger partial charge in [-0.15, -0.1) is 11.3 Å². The van der Waals surface area contributed by atoms with Crippen molar-refractivity contribution in [3.05, 3.63) is 46.1 Å². The van der Waals surface area contributed by atoms with E-state index in [1.54, 1.807) is 6.92 Å². The minimum atomic E-state index is -0.602. The van der Waals surface area contributed by atoms with Crippen LogP contribution in [-0.4, -0.2) is 35.3 Å². The summed E-state index contributed by atoms with van der Waals surface area (Å²) in [5.41, 5.74) is 6.98. The fourth-order valence-electron chi connectivity index (χ4n) is 3.82. The second kappa shape index (κ2) is 9.91. The molecule has 166 valence electrons. The highest BCUT2D eigenvalue weighted by Gasteiger charge is 2.28. The molecule has 2 aromatic rings. The minimum Gasteiger partial charge on any atom is -0.365 e. The highest BCUT2D eigenvalue weighted by Crippen LogP contribution is 2.32. The number of thiophene rings is 1. The molecule has 0 spiro atoms. The zero-order valence-corrected chi connectivity index (χ0v) is 18.5. The molecule has 9 heteroatoms. The predicted molar refractivity (Wildman–Crippen MR) is 120 cm³/mol. The zero-order valence-electron chi connectivity index (χ0n) is 17.7. The molecule has 0 atom stereocenters. The topological polar surface area (TPSA) is 105 Å². The summed E-state index contributed by atoms with van der Waals surface area (Å²) in [6.07, 6.45) is 4.71. The van der Waals surface area contributed by atoms with E-state index in [1.165, 1.54) is 40.5 Å². The Bertz CT molecular complexity index is 968. The van der Waals surface area contributed by atoms with Crippen LogP contribution in [0.25, 0.3) is 0 Å². The number of urea groups is 1. The lowest BCUT2D eigenvalue weighted by Crippen LogP contribution is -2.47. The maximum absolute atomic E-state index is 13.2. The molecule has 1 aromatic heterocycles. The molecular weight excluding hydrogens is 419 g/mol. The number of amides is 4. The van der Waals surface area contributed by atoms with Gasteiger partial charge in [0.25, 0.3) is 5.91 Å². The van der Waals surface area contributed by atoms with E-state index < -0.39 is 23.7 Å². The Morgan fingerprint density at radius 2 is 1.74 bits per heavy atom. The monoisotopic (exact) mass is 446 g/mol. The van der Waals surface area contributed by atoms with Gasteiger partial charge in [-0.3, -0.25) is 9.59 Å². The number of carbonyl (C=O) groups is 3. The van der Waals surface area contributed by atoms with Crippen LogP contribution in [0.2, 0.25) is 0 Å². The van der Waals surface area contributed by atoms with E-state index in [2.05, 4.69) is 10.6 Å². The number of nitrogens with one attached hydrogen (secondary N) is 2. The number of hydrogen-bond donors (Lipinski definition) is 3. The Morgan fingerprint density at radius 1 is 1.10 bits per heavy atom. The van der Waals surface area contributed by atoms with Crippen molar-refractivity contribution in [1.82, 2.24) is 4.90 Å². The minimum absolute atomic E-state index is 0.0673. The number of benzene rings is 1. The lowest BCUT2D eigenvalue weighted by Gasteiger charge is -2.34. The Hall–Kier alpha value is -2.94. The van der Waals surface area contributed by atoms with E-state index in [9.17, 15) is 18.8 Å². The van der Waals surface area contributed by atoms with Crippen LogP contribution in [0.3, 0.4) is 0 Å². The molecule has 0 bridgehead atoms. The van der Waals surface area contributed by atoms with Gasteiger partial charge in [-0.2, -0.15) is 0 Å². The summed E-state index contributed by atoms with van der Waals surface area (Å²) in [5, 5.41) is 5.90. The Labute approximate surface area is 184 Å². The average Bonchev–Trinajstić information content (AvgIpc) is 3.01. The number of carbonyl (C=O) groups excluding carboxylic acids is 3. The van der Waals surface area contributed by atoms with Crippen LogP contribution in [0.4, 0.5) is 19.9 Å². The largest absolute Gasteiger partial charge is 0.365 e. The number of nitrogens with two attached hydrogens (primary N) is 1. The molecule has 0 unspecified atom stereocenters. The number of nitrogens with zero attached hydrogens (tertiary/aromatic N) is 1. The summed E-state index contributed by atoms with van der Waals surface area (Å²) >= 11 is 1.29. The highest BCUT2D eigenvalue weighted by atomic mass is 32.1. The molecule has 1 aliphatic rings. The standard InChI is InChI=1S/C22H27FN4O3S/c1-13-14(2)31-21(19(13)20(24)29)26-18(28)12-27(17-6-4-3-5-7-17)22(30)25-16-10-8-15(23)9-11-16/h8-11,17H,3-7,12H2,1-2H3,(H2,24,29)(H,25,30)(H,26,28). The van der Waals surface area contributed by atoms with E-state index in [0.29, 0.717) is 16.3 Å². The van der Waals surface area contributed by atoms with E-state index in [-0.39, 0.29) is 12.6 Å². The van der Waals surface area contributed by atoms with Crippen LogP contribution in [0.15, 0.2) is 24.3 Å². The van der Waals surface area contributed by atoms with Gasteiger partial charge in [-0.05, 0) is 56.5 Å². The van der Waals surface area contributed by atoms with Crippen LogP contribution in [0, 0.1) is 19.7 Å². The predicted octanol–water partition coefficient (Wildman–Crippen LogP) is 4.41. The maximum atomic E-state index is 13.2. The summed E-state index contributed by atoms with van der Waals surface area (Å²) in [4.78, 5) is 40.1. The Kier molecular flexibility index (Phi) is 7.27. The molecule has 1 saturated carbocycles. The molecule has 1 fully saturated rings. The average molecular weight is 447 g/mol. The van der Waals surface area contributed by atoms with Crippen molar-refractivity contribution in [3.63, 3.8) is 0 Å². The first-order valence-electron chi connectivity index (χ1n) is 10.3. The van der Waals surface area contributed by atoms with Gasteiger partial charge in [0.2, 0.25) is 5.91 Å². The van der Waals surface area contributed by atoms with Crippen LogP contribution >= 0.6 is 11.3 Å². The van der Waals surface area contributed by atoms with Crippen LogP contribution < -0.4 is 16.4 Å². The molecule has 1 aliphatic carbocycles. The summed E-state index contributed by atoms with van der Waals surface area (Å²) in [7, 11) is 0. The van der Waals surface area contributed by atoms with Crippen molar-refractivity contribution in [1.29, 1.82) is 0 Å². The molecule has 1 aromatic carbocycles. The van der Waals surface area contributed by atoms with Gasteiger partial charge in [0.05, 0.1) is 5.56 Å². The van der Waals surface area contributed by atoms with Crippen molar-refractivity contribution < 1.29 is 18.8 Å². The summed E-state index contributed by atoms with van der Waals surface area (Å²) in [6.45, 7) is 3.48. The number of aryl methyl sites for hydroxylation is 1. The first-order chi connectivity index (χ1) is 14.8. The van der Waals surface area contributed by atoms with Gasteiger partial charge in [0.1, 0.15) is 17.4 Å². The molecule has 0 radical (unpaired) electrons. The van der Waals surface area contributed by atoms with Gasteiger partial charge in [0, 0.05) is 16.6 Å². The number of rotatable bonds is 6.